The summed E-state index contributed by atoms with van der Waals surface area (Å²) in [5.74, 6) is -0.150. The van der Waals surface area contributed by atoms with Crippen LogP contribution < -0.4 is 10.6 Å². The van der Waals surface area contributed by atoms with E-state index in [0.717, 1.165) is 11.1 Å². The van der Waals surface area contributed by atoms with E-state index in [1.54, 1.807) is 0 Å². The Morgan fingerprint density at radius 1 is 1.08 bits per heavy atom. The molecular formula is C20H24N3O2+. The summed E-state index contributed by atoms with van der Waals surface area (Å²) in [4.78, 5) is 25.7. The number of aryl methyl sites for hydroxylation is 1. The Hall–Kier alpha value is -2.66. The molecule has 0 bridgehead atoms. The lowest BCUT2D eigenvalue weighted by Gasteiger charge is -2.23. The van der Waals surface area contributed by atoms with Crippen molar-refractivity contribution in [3.63, 3.8) is 0 Å². The van der Waals surface area contributed by atoms with Crippen LogP contribution in [0, 0.1) is 6.92 Å². The first kappa shape index (κ1) is 17.2. The summed E-state index contributed by atoms with van der Waals surface area (Å²) in [6, 6.07) is 17.9. The summed E-state index contributed by atoms with van der Waals surface area (Å²) in [7, 11) is 0. The van der Waals surface area contributed by atoms with Crippen molar-refractivity contribution in [2.24, 2.45) is 0 Å². The van der Waals surface area contributed by atoms with Gasteiger partial charge in [0.1, 0.15) is 6.04 Å². The van der Waals surface area contributed by atoms with Crippen molar-refractivity contribution in [3.05, 3.63) is 71.3 Å². The summed E-state index contributed by atoms with van der Waals surface area (Å²) in [6.07, 6.45) is 0. The molecule has 1 fully saturated rings. The third-order valence-corrected chi connectivity index (χ3v) is 4.59. The van der Waals surface area contributed by atoms with Crippen LogP contribution >= 0.6 is 0 Å². The average molecular weight is 338 g/mol. The highest BCUT2D eigenvalue weighted by Gasteiger charge is 2.33. The first-order valence-electron chi connectivity index (χ1n) is 8.62. The lowest BCUT2D eigenvalue weighted by atomic mass is 9.97. The Kier molecular flexibility index (Phi) is 5.14. The predicted octanol–water partition coefficient (Wildman–Crippen LogP) is 1.59. The van der Waals surface area contributed by atoms with Gasteiger partial charge in [-0.25, -0.2) is 4.79 Å². The summed E-state index contributed by atoms with van der Waals surface area (Å²) >= 11 is 0. The fourth-order valence-electron chi connectivity index (χ4n) is 3.15. The van der Waals surface area contributed by atoms with Crippen molar-refractivity contribution in [1.29, 1.82) is 0 Å². The van der Waals surface area contributed by atoms with Gasteiger partial charge in [0, 0.05) is 24.2 Å². The van der Waals surface area contributed by atoms with E-state index in [2.05, 4.69) is 48.6 Å². The maximum Gasteiger partial charge on any atom is 0.324 e. The van der Waals surface area contributed by atoms with Gasteiger partial charge >= 0.3 is 6.03 Å². The molecule has 5 heteroatoms. The van der Waals surface area contributed by atoms with Crippen LogP contribution in [0.15, 0.2) is 54.6 Å². The van der Waals surface area contributed by atoms with Gasteiger partial charge in [-0.2, -0.15) is 0 Å². The smallest absolute Gasteiger partial charge is 0.324 e. The van der Waals surface area contributed by atoms with Gasteiger partial charge in [0.05, 0.1) is 0 Å². The summed E-state index contributed by atoms with van der Waals surface area (Å²) in [5, 5.41) is 4.72. The Morgan fingerprint density at radius 3 is 2.32 bits per heavy atom. The van der Waals surface area contributed by atoms with Gasteiger partial charge in [-0.3, -0.25) is 9.69 Å². The molecule has 0 radical (unpaired) electrons. The van der Waals surface area contributed by atoms with E-state index in [-0.39, 0.29) is 24.0 Å². The minimum atomic E-state index is -0.352. The number of urea groups is 1. The number of rotatable bonds is 5. The number of nitrogens with zero attached hydrogens (tertiary/aromatic N) is 1. The van der Waals surface area contributed by atoms with Gasteiger partial charge in [-0.1, -0.05) is 60.2 Å². The zero-order valence-corrected chi connectivity index (χ0v) is 14.6. The molecule has 0 aliphatic carbocycles. The zero-order valence-electron chi connectivity index (χ0n) is 14.6. The lowest BCUT2D eigenvalue weighted by molar-refractivity contribution is -0.705. The highest BCUT2D eigenvalue weighted by atomic mass is 16.2. The highest BCUT2D eigenvalue weighted by Crippen LogP contribution is 2.19. The number of hydrogen-bond acceptors (Lipinski definition) is 2. The number of benzene rings is 2. The minimum Gasteiger partial charge on any atom is -0.336 e. The Morgan fingerprint density at radius 2 is 1.72 bits per heavy atom. The molecule has 2 aromatic carbocycles. The topological polar surface area (TPSA) is 66.0 Å². The first-order valence-corrected chi connectivity index (χ1v) is 8.62. The molecule has 1 aliphatic rings. The van der Waals surface area contributed by atoms with Gasteiger partial charge in [0.25, 0.3) is 5.91 Å². The van der Waals surface area contributed by atoms with E-state index in [1.165, 1.54) is 10.5 Å². The molecule has 0 unspecified atom stereocenters. The van der Waals surface area contributed by atoms with Crippen molar-refractivity contribution >= 4 is 11.9 Å². The van der Waals surface area contributed by atoms with Gasteiger partial charge in [0.15, 0.2) is 6.04 Å². The van der Waals surface area contributed by atoms with Crippen LogP contribution in [0.4, 0.5) is 4.79 Å². The van der Waals surface area contributed by atoms with Crippen molar-refractivity contribution in [2.75, 3.05) is 13.1 Å². The van der Waals surface area contributed by atoms with Crippen LogP contribution in [0.3, 0.4) is 0 Å². The normalized spacial score (nSPS) is 16.4. The monoisotopic (exact) mass is 338 g/mol. The van der Waals surface area contributed by atoms with Crippen molar-refractivity contribution in [2.45, 2.75) is 25.9 Å². The quantitative estimate of drug-likeness (QED) is 0.869. The zero-order chi connectivity index (χ0) is 17.8. The number of quaternary nitrogens is 1. The minimum absolute atomic E-state index is 0.00594. The Labute approximate surface area is 148 Å². The van der Waals surface area contributed by atoms with E-state index in [9.17, 15) is 9.59 Å². The fraction of sp³-hybridized carbons (Fsp3) is 0.300. The molecule has 0 saturated carbocycles. The average Bonchev–Trinajstić information content (AvgIpc) is 3.06. The molecule has 3 amide bonds. The number of amides is 3. The van der Waals surface area contributed by atoms with Crippen molar-refractivity contribution in [3.8, 4) is 0 Å². The summed E-state index contributed by atoms with van der Waals surface area (Å²) in [5.41, 5.74) is 3.48. The van der Waals surface area contributed by atoms with Gasteiger partial charge in [-0.05, 0) is 13.8 Å². The number of nitrogens with one attached hydrogen (secondary N) is 1. The van der Waals surface area contributed by atoms with E-state index in [4.69, 9.17) is 0 Å². The molecule has 5 nitrogen and oxygen atoms in total. The van der Waals surface area contributed by atoms with Crippen molar-refractivity contribution in [1.82, 2.24) is 10.2 Å². The van der Waals surface area contributed by atoms with E-state index < -0.39 is 0 Å². The number of imide groups is 1. The Bertz CT molecular complexity index is 743. The molecule has 2 atom stereocenters. The summed E-state index contributed by atoms with van der Waals surface area (Å²) < 4.78 is 0. The number of hydrogen-bond donors (Lipinski definition) is 2. The molecule has 0 spiro atoms. The van der Waals surface area contributed by atoms with Crippen LogP contribution in [0.1, 0.15) is 29.7 Å². The molecule has 3 rings (SSSR count). The van der Waals surface area contributed by atoms with E-state index in [1.807, 2.05) is 30.4 Å². The fourth-order valence-corrected chi connectivity index (χ4v) is 3.15. The molecule has 130 valence electrons. The molecule has 1 heterocycles. The van der Waals surface area contributed by atoms with Crippen molar-refractivity contribution < 1.29 is 14.9 Å². The third kappa shape index (κ3) is 3.88. The van der Waals surface area contributed by atoms with E-state index in [0.29, 0.717) is 13.1 Å². The number of carbonyl (C=O) groups excluding carboxylic acids is 2. The number of nitrogens with two attached hydrogens (primary N) is 1. The maximum absolute atomic E-state index is 12.6. The summed E-state index contributed by atoms with van der Waals surface area (Å²) in [6.45, 7) is 4.88. The molecule has 1 saturated heterocycles. The van der Waals surface area contributed by atoms with Gasteiger partial charge in [0.2, 0.25) is 0 Å². The van der Waals surface area contributed by atoms with Gasteiger partial charge in [-0.15, -0.1) is 0 Å². The second-order valence-electron chi connectivity index (χ2n) is 6.50. The van der Waals surface area contributed by atoms with Crippen LogP contribution in [-0.4, -0.2) is 36.0 Å². The largest absolute Gasteiger partial charge is 0.336 e. The van der Waals surface area contributed by atoms with E-state index >= 15 is 0 Å². The predicted molar refractivity (Wildman–Crippen MR) is 96.0 cm³/mol. The third-order valence-electron chi connectivity index (χ3n) is 4.59. The van der Waals surface area contributed by atoms with Crippen LogP contribution in [0.25, 0.3) is 0 Å². The highest BCUT2D eigenvalue weighted by molar-refractivity contribution is 5.97. The molecule has 2 aromatic rings. The maximum atomic E-state index is 12.6. The molecule has 1 aliphatic heterocycles. The molecule has 25 heavy (non-hydrogen) atoms. The van der Waals surface area contributed by atoms with Crippen LogP contribution in [-0.2, 0) is 4.79 Å². The van der Waals surface area contributed by atoms with Crippen LogP contribution in [0.2, 0.25) is 0 Å². The molecule has 3 N–H and O–H groups in total. The number of carbonyl (C=O) groups is 2. The standard InChI is InChI=1S/C20H23N3O2/c1-14-8-10-17(11-9-14)18(16-6-4-3-5-7-16)22-15(2)19(24)23-13-12-21-20(23)25/h3-11,15,18,22H,12-13H2,1-2H3,(H,21,25)/p+1/t15-,18+/m0/s1. The van der Waals surface area contributed by atoms with Crippen LogP contribution in [0.5, 0.6) is 0 Å². The SMILES string of the molecule is Cc1ccc([C@H]([NH2+][C@@H](C)C(=O)N2CCNC2=O)c2ccccc2)cc1. The second kappa shape index (κ2) is 7.49. The molecular weight excluding hydrogens is 314 g/mol. The first-order chi connectivity index (χ1) is 12.1. The second-order valence-corrected chi connectivity index (χ2v) is 6.50. The van der Waals surface area contributed by atoms with Gasteiger partial charge < -0.3 is 10.6 Å². The Balaban J connectivity index is 1.83. The lowest BCUT2D eigenvalue weighted by Crippen LogP contribution is -2.92. The molecule has 0 aromatic heterocycles.